The zero-order valence-corrected chi connectivity index (χ0v) is 21.2. The molecule has 2 heterocycles. The van der Waals surface area contributed by atoms with E-state index in [1.54, 1.807) is 0 Å². The second kappa shape index (κ2) is 11.7. The Hall–Kier alpha value is -3.47. The molecule has 3 N–H and O–H groups in total. The minimum atomic E-state index is -5.08. The van der Waals surface area contributed by atoms with Crippen LogP contribution in [0.1, 0.15) is 42.2 Å². The van der Waals surface area contributed by atoms with Gasteiger partial charge in [0.25, 0.3) is 0 Å². The van der Waals surface area contributed by atoms with Crippen molar-refractivity contribution < 1.29 is 37.1 Å². The zero-order chi connectivity index (χ0) is 28.2. The quantitative estimate of drug-likeness (QED) is 0.478. The lowest BCUT2D eigenvalue weighted by Crippen LogP contribution is -2.47. The molecule has 5 rings (SSSR count). The van der Waals surface area contributed by atoms with Crippen molar-refractivity contribution in [1.29, 1.82) is 0 Å². The van der Waals surface area contributed by atoms with Crippen LogP contribution >= 0.6 is 0 Å². The Morgan fingerprint density at radius 3 is 2.23 bits per heavy atom. The first kappa shape index (κ1) is 28.5. The molecule has 1 spiro atoms. The number of halogens is 4. The molecular formula is C28H31F4N3O4. The van der Waals surface area contributed by atoms with Gasteiger partial charge in [-0.05, 0) is 61.5 Å². The molecule has 2 saturated heterocycles. The van der Waals surface area contributed by atoms with E-state index in [9.17, 15) is 27.2 Å². The van der Waals surface area contributed by atoms with Gasteiger partial charge in [0.15, 0.2) is 0 Å². The summed E-state index contributed by atoms with van der Waals surface area (Å²) in [6.07, 6.45) is -2.58. The molecule has 2 aromatic carbocycles. The van der Waals surface area contributed by atoms with Gasteiger partial charge in [0, 0.05) is 31.5 Å². The molecule has 210 valence electrons. The van der Waals surface area contributed by atoms with Crippen LogP contribution in [-0.2, 0) is 14.4 Å². The van der Waals surface area contributed by atoms with Crippen LogP contribution in [0.2, 0.25) is 0 Å². The van der Waals surface area contributed by atoms with Crippen molar-refractivity contribution in [2.45, 2.75) is 37.3 Å². The standard InChI is InChI=1S/C26H30FN3O2.C2HF3O2/c27-20-8-6-19(7-9-20)23-17-29-25(32)26(23)10-13-30(14-11-26)15-12-28-24(31)22-16-21(22)18-4-2-1-3-5-18;3-2(4,5)1(6)7/h1-9,21-23H,10-17H2,(H,28,31)(H,29,32);(H,6,7)/t21-,22+,23+;/m0./s1. The lowest BCUT2D eigenvalue weighted by atomic mass is 9.68. The van der Waals surface area contributed by atoms with E-state index in [1.165, 1.54) is 17.7 Å². The van der Waals surface area contributed by atoms with E-state index >= 15 is 0 Å². The molecule has 0 aromatic heterocycles. The maximum absolute atomic E-state index is 13.4. The Balaban J connectivity index is 0.000000448. The van der Waals surface area contributed by atoms with Gasteiger partial charge in [0.1, 0.15) is 5.82 Å². The molecule has 0 bridgehead atoms. The number of nitrogens with zero attached hydrogens (tertiary/aromatic N) is 1. The van der Waals surface area contributed by atoms with Crippen LogP contribution in [0.5, 0.6) is 0 Å². The van der Waals surface area contributed by atoms with Crippen LogP contribution in [-0.4, -0.2) is 66.7 Å². The molecule has 0 radical (unpaired) electrons. The van der Waals surface area contributed by atoms with E-state index in [0.29, 0.717) is 19.0 Å². The predicted molar refractivity (Wildman–Crippen MR) is 134 cm³/mol. The van der Waals surface area contributed by atoms with Gasteiger partial charge in [0.2, 0.25) is 11.8 Å². The largest absolute Gasteiger partial charge is 0.490 e. The number of likely N-dealkylation sites (tertiary alicyclic amines) is 1. The van der Waals surface area contributed by atoms with E-state index in [0.717, 1.165) is 44.5 Å². The third-order valence-corrected chi connectivity index (χ3v) is 7.93. The van der Waals surface area contributed by atoms with E-state index in [4.69, 9.17) is 9.90 Å². The van der Waals surface area contributed by atoms with Crippen LogP contribution in [0, 0.1) is 17.2 Å². The Bertz CT molecular complexity index is 1170. The molecule has 7 nitrogen and oxygen atoms in total. The number of piperidine rings is 1. The van der Waals surface area contributed by atoms with Crippen molar-refractivity contribution >= 4 is 17.8 Å². The number of alkyl halides is 3. The molecule has 3 atom stereocenters. The van der Waals surface area contributed by atoms with Crippen molar-refractivity contribution in [2.75, 3.05) is 32.7 Å². The fourth-order valence-electron chi connectivity index (χ4n) is 5.63. The van der Waals surface area contributed by atoms with Gasteiger partial charge in [-0.15, -0.1) is 0 Å². The number of nitrogens with one attached hydrogen (secondary N) is 2. The maximum atomic E-state index is 13.4. The van der Waals surface area contributed by atoms with Gasteiger partial charge in [-0.3, -0.25) is 9.59 Å². The summed E-state index contributed by atoms with van der Waals surface area (Å²) in [5.41, 5.74) is 1.87. The third-order valence-electron chi connectivity index (χ3n) is 7.93. The summed E-state index contributed by atoms with van der Waals surface area (Å²) in [5.74, 6) is -2.19. The van der Waals surface area contributed by atoms with Gasteiger partial charge >= 0.3 is 12.1 Å². The fraction of sp³-hybridized carbons (Fsp3) is 0.464. The molecule has 1 aliphatic carbocycles. The van der Waals surface area contributed by atoms with Crippen molar-refractivity contribution in [3.05, 3.63) is 71.5 Å². The first-order valence-electron chi connectivity index (χ1n) is 12.9. The number of benzene rings is 2. The number of carboxylic acids is 1. The molecule has 1 saturated carbocycles. The number of carbonyl (C=O) groups is 3. The van der Waals surface area contributed by atoms with E-state index in [-0.39, 0.29) is 29.5 Å². The SMILES string of the molecule is O=C(NCCN1CCC2(CC1)C(=O)NC[C@@H]2c1ccc(F)cc1)[C@@H]1C[C@H]1c1ccccc1.O=C(O)C(F)(F)F. The summed E-state index contributed by atoms with van der Waals surface area (Å²) in [6.45, 7) is 3.71. The van der Waals surface area contributed by atoms with Crippen LogP contribution < -0.4 is 10.6 Å². The number of aliphatic carboxylic acids is 1. The first-order chi connectivity index (χ1) is 18.5. The second-order valence-electron chi connectivity index (χ2n) is 10.3. The molecule has 2 aromatic rings. The van der Waals surface area contributed by atoms with E-state index in [2.05, 4.69) is 27.7 Å². The van der Waals surface area contributed by atoms with Crippen LogP contribution in [0.4, 0.5) is 17.6 Å². The van der Waals surface area contributed by atoms with Gasteiger partial charge < -0.3 is 20.6 Å². The monoisotopic (exact) mass is 549 g/mol. The Kier molecular flexibility index (Phi) is 8.58. The Labute approximate surface area is 223 Å². The second-order valence-corrected chi connectivity index (χ2v) is 10.3. The number of hydrogen-bond donors (Lipinski definition) is 3. The molecule has 11 heteroatoms. The molecule has 2 aliphatic heterocycles. The average Bonchev–Trinajstić information content (AvgIpc) is 3.66. The van der Waals surface area contributed by atoms with Crippen molar-refractivity contribution in [3.63, 3.8) is 0 Å². The first-order valence-corrected chi connectivity index (χ1v) is 12.9. The van der Waals surface area contributed by atoms with Crippen molar-refractivity contribution in [3.8, 4) is 0 Å². The van der Waals surface area contributed by atoms with Crippen LogP contribution in [0.15, 0.2) is 54.6 Å². The third kappa shape index (κ3) is 6.76. The number of hydrogen-bond acceptors (Lipinski definition) is 4. The molecule has 3 aliphatic rings. The van der Waals surface area contributed by atoms with Crippen LogP contribution in [0.25, 0.3) is 0 Å². The smallest absolute Gasteiger partial charge is 0.475 e. The fourth-order valence-corrected chi connectivity index (χ4v) is 5.63. The summed E-state index contributed by atoms with van der Waals surface area (Å²) in [4.78, 5) is 36.5. The summed E-state index contributed by atoms with van der Waals surface area (Å²) in [7, 11) is 0. The summed E-state index contributed by atoms with van der Waals surface area (Å²) in [6, 6.07) is 16.8. The molecule has 2 amide bonds. The normalized spacial score (nSPS) is 23.9. The van der Waals surface area contributed by atoms with Gasteiger partial charge in [0.05, 0.1) is 5.41 Å². The zero-order valence-electron chi connectivity index (χ0n) is 21.2. The lowest BCUT2D eigenvalue weighted by molar-refractivity contribution is -0.192. The Morgan fingerprint density at radius 2 is 1.64 bits per heavy atom. The summed E-state index contributed by atoms with van der Waals surface area (Å²) >= 11 is 0. The topological polar surface area (TPSA) is 98.7 Å². The van der Waals surface area contributed by atoms with Gasteiger partial charge in [-0.25, -0.2) is 9.18 Å². The average molecular weight is 550 g/mol. The predicted octanol–water partition coefficient (Wildman–Crippen LogP) is 3.67. The number of carbonyl (C=O) groups excluding carboxylic acids is 2. The van der Waals surface area contributed by atoms with Crippen molar-refractivity contribution in [1.82, 2.24) is 15.5 Å². The molecular weight excluding hydrogens is 518 g/mol. The highest BCUT2D eigenvalue weighted by molar-refractivity contribution is 5.86. The molecule has 39 heavy (non-hydrogen) atoms. The summed E-state index contributed by atoms with van der Waals surface area (Å²) in [5, 5.41) is 13.3. The molecule has 3 fully saturated rings. The minimum Gasteiger partial charge on any atom is -0.475 e. The lowest BCUT2D eigenvalue weighted by Gasteiger charge is -2.41. The highest BCUT2D eigenvalue weighted by Crippen LogP contribution is 2.48. The number of carboxylic acid groups (broad SMARTS) is 1. The van der Waals surface area contributed by atoms with Gasteiger partial charge in [-0.1, -0.05) is 42.5 Å². The van der Waals surface area contributed by atoms with Crippen LogP contribution in [0.3, 0.4) is 0 Å². The minimum absolute atomic E-state index is 0.0854. The summed E-state index contributed by atoms with van der Waals surface area (Å²) < 4.78 is 45.1. The number of amides is 2. The molecule has 0 unspecified atom stereocenters. The van der Waals surface area contributed by atoms with E-state index < -0.39 is 17.6 Å². The highest BCUT2D eigenvalue weighted by Gasteiger charge is 2.52. The van der Waals surface area contributed by atoms with Crippen molar-refractivity contribution in [2.24, 2.45) is 11.3 Å². The maximum Gasteiger partial charge on any atom is 0.490 e. The van der Waals surface area contributed by atoms with Gasteiger partial charge in [-0.2, -0.15) is 13.2 Å². The number of rotatable bonds is 6. The van der Waals surface area contributed by atoms with E-state index in [1.807, 2.05) is 30.3 Å². The Morgan fingerprint density at radius 1 is 1.03 bits per heavy atom. The highest BCUT2D eigenvalue weighted by atomic mass is 19.4.